The monoisotopic (exact) mass is 454 g/mol. The Morgan fingerprint density at radius 1 is 0.706 bits per heavy atom. The fourth-order valence-electron chi connectivity index (χ4n) is 3.50. The topological polar surface area (TPSA) is 18.5 Å². The molecule has 1 atom stereocenters. The summed E-state index contributed by atoms with van der Waals surface area (Å²) in [7, 11) is 0. The van der Waals surface area contributed by atoms with Crippen molar-refractivity contribution < 1.29 is 9.47 Å². The molecule has 0 saturated heterocycles. The highest BCUT2D eigenvalue weighted by Crippen LogP contribution is 2.25. The lowest BCUT2D eigenvalue weighted by Gasteiger charge is -2.11. The van der Waals surface area contributed by atoms with E-state index in [-0.39, 0.29) is 0 Å². The minimum absolute atomic E-state index is 0.548. The van der Waals surface area contributed by atoms with Gasteiger partial charge in [0.05, 0.1) is 6.61 Å². The first-order valence-corrected chi connectivity index (χ1v) is 12.7. The average molecular weight is 455 g/mol. The zero-order chi connectivity index (χ0) is 24.0. The third kappa shape index (κ3) is 8.64. The quantitative estimate of drug-likeness (QED) is 0.201. The Morgan fingerprint density at radius 2 is 1.32 bits per heavy atom. The van der Waals surface area contributed by atoms with Gasteiger partial charge in [0.15, 0.2) is 0 Å². The van der Waals surface area contributed by atoms with E-state index in [9.17, 15) is 0 Å². The van der Waals surface area contributed by atoms with Gasteiger partial charge in [0.25, 0.3) is 0 Å². The van der Waals surface area contributed by atoms with Crippen LogP contribution < -0.4 is 9.47 Å². The second kappa shape index (κ2) is 14.2. The van der Waals surface area contributed by atoms with Crippen LogP contribution in [-0.2, 0) is 6.61 Å². The third-order valence-electron chi connectivity index (χ3n) is 6.02. The molecular weight excluding hydrogens is 416 g/mol. The van der Waals surface area contributed by atoms with Crippen LogP contribution in [0.25, 0.3) is 11.1 Å². The zero-order valence-corrected chi connectivity index (χ0v) is 21.0. The molecule has 0 fully saturated rings. The molecule has 0 bridgehead atoms. The van der Waals surface area contributed by atoms with Crippen molar-refractivity contribution in [3.8, 4) is 34.5 Å². The van der Waals surface area contributed by atoms with E-state index in [1.165, 1.54) is 36.8 Å². The summed E-state index contributed by atoms with van der Waals surface area (Å²) in [6.45, 7) is 7.94. The highest BCUT2D eigenvalue weighted by atomic mass is 16.5. The van der Waals surface area contributed by atoms with Gasteiger partial charge in [-0.15, -0.1) is 0 Å². The van der Waals surface area contributed by atoms with Gasteiger partial charge in [0.2, 0.25) is 0 Å². The summed E-state index contributed by atoms with van der Waals surface area (Å²) in [6, 6.07) is 24.9. The van der Waals surface area contributed by atoms with Crippen molar-refractivity contribution >= 4 is 0 Å². The van der Waals surface area contributed by atoms with E-state index in [2.05, 4.69) is 81.1 Å². The van der Waals surface area contributed by atoms with Crippen molar-refractivity contribution in [3.63, 3.8) is 0 Å². The second-order valence-corrected chi connectivity index (χ2v) is 8.97. The maximum Gasteiger partial charge on any atom is 0.119 e. The fourth-order valence-corrected chi connectivity index (χ4v) is 3.50. The molecule has 34 heavy (non-hydrogen) atoms. The lowest BCUT2D eigenvalue weighted by atomic mass is 10.1. The molecule has 2 nitrogen and oxygen atoms in total. The van der Waals surface area contributed by atoms with Crippen LogP contribution in [-0.4, -0.2) is 6.61 Å². The normalized spacial score (nSPS) is 11.4. The van der Waals surface area contributed by atoms with Gasteiger partial charge in [-0.05, 0) is 65.4 Å². The van der Waals surface area contributed by atoms with Gasteiger partial charge in [-0.2, -0.15) is 0 Å². The lowest BCUT2D eigenvalue weighted by Crippen LogP contribution is -2.06. The Labute approximate surface area is 206 Å². The van der Waals surface area contributed by atoms with Crippen LogP contribution in [0.4, 0.5) is 0 Å². The summed E-state index contributed by atoms with van der Waals surface area (Å²) in [5, 5.41) is 0. The molecule has 3 rings (SSSR count). The minimum Gasteiger partial charge on any atom is -0.493 e. The first-order chi connectivity index (χ1) is 16.7. The van der Waals surface area contributed by atoms with Crippen LogP contribution in [0.3, 0.4) is 0 Å². The predicted octanol–water partition coefficient (Wildman–Crippen LogP) is 8.68. The molecule has 0 aliphatic rings. The molecule has 0 aliphatic carbocycles. The van der Waals surface area contributed by atoms with Crippen LogP contribution in [0.2, 0.25) is 0 Å². The molecule has 3 aromatic rings. The number of hydrogen-bond acceptors (Lipinski definition) is 2. The van der Waals surface area contributed by atoms with E-state index in [0.29, 0.717) is 12.5 Å². The molecule has 3 aromatic carbocycles. The lowest BCUT2D eigenvalue weighted by molar-refractivity contribution is 0.256. The average Bonchev–Trinajstić information content (AvgIpc) is 2.89. The highest BCUT2D eigenvalue weighted by molar-refractivity contribution is 5.64. The summed E-state index contributed by atoms with van der Waals surface area (Å²) >= 11 is 0. The maximum atomic E-state index is 5.99. The summed E-state index contributed by atoms with van der Waals surface area (Å²) in [6.07, 6.45) is 7.17. The van der Waals surface area contributed by atoms with Gasteiger partial charge in [-0.3, -0.25) is 0 Å². The van der Waals surface area contributed by atoms with E-state index in [4.69, 9.17) is 9.47 Å². The first-order valence-electron chi connectivity index (χ1n) is 12.7. The Kier molecular flexibility index (Phi) is 10.6. The van der Waals surface area contributed by atoms with E-state index in [1.807, 2.05) is 24.3 Å². The standard InChI is InChI=1S/C32H38O2/c1-4-6-7-8-9-10-11-27-12-14-28(15-13-27)25-34-32-22-18-30(19-23-32)29-16-20-31(21-17-29)33-24-26(3)5-2/h12-23,26H,4-9,24-25H2,1-3H3. The summed E-state index contributed by atoms with van der Waals surface area (Å²) < 4.78 is 11.8. The number of unbranched alkanes of at least 4 members (excludes halogenated alkanes) is 4. The van der Waals surface area contributed by atoms with Gasteiger partial charge in [0.1, 0.15) is 18.1 Å². The van der Waals surface area contributed by atoms with Crippen molar-refractivity contribution in [1.82, 2.24) is 0 Å². The van der Waals surface area contributed by atoms with E-state index < -0.39 is 0 Å². The van der Waals surface area contributed by atoms with Crippen LogP contribution in [0.1, 0.15) is 70.4 Å². The van der Waals surface area contributed by atoms with E-state index in [0.717, 1.165) is 42.1 Å². The van der Waals surface area contributed by atoms with Crippen molar-refractivity contribution in [2.45, 2.75) is 65.9 Å². The Bertz CT molecular complexity index is 1020. The molecule has 0 amide bonds. The predicted molar refractivity (Wildman–Crippen MR) is 143 cm³/mol. The van der Waals surface area contributed by atoms with Crippen molar-refractivity contribution in [1.29, 1.82) is 0 Å². The van der Waals surface area contributed by atoms with E-state index in [1.54, 1.807) is 0 Å². The molecule has 0 aliphatic heterocycles. The zero-order valence-electron chi connectivity index (χ0n) is 21.0. The molecule has 2 heteroatoms. The Balaban J connectivity index is 1.46. The fraction of sp³-hybridized carbons (Fsp3) is 0.375. The smallest absolute Gasteiger partial charge is 0.119 e. The van der Waals surface area contributed by atoms with Crippen molar-refractivity contribution in [2.24, 2.45) is 5.92 Å². The van der Waals surface area contributed by atoms with Crippen molar-refractivity contribution in [2.75, 3.05) is 6.61 Å². The summed E-state index contributed by atoms with van der Waals surface area (Å²) in [5.74, 6) is 8.91. The van der Waals surface area contributed by atoms with Gasteiger partial charge in [-0.1, -0.05) is 94.7 Å². The van der Waals surface area contributed by atoms with Gasteiger partial charge in [-0.25, -0.2) is 0 Å². The SMILES string of the molecule is CCCCCCC#Cc1ccc(COc2ccc(-c3ccc(OCC(C)CC)cc3)cc2)cc1. The number of benzene rings is 3. The molecule has 0 heterocycles. The Hall–Kier alpha value is -3.18. The maximum absolute atomic E-state index is 5.99. The summed E-state index contributed by atoms with van der Waals surface area (Å²) in [4.78, 5) is 0. The van der Waals surface area contributed by atoms with Gasteiger partial charge < -0.3 is 9.47 Å². The third-order valence-corrected chi connectivity index (χ3v) is 6.02. The second-order valence-electron chi connectivity index (χ2n) is 8.97. The largest absolute Gasteiger partial charge is 0.493 e. The number of hydrogen-bond donors (Lipinski definition) is 0. The number of rotatable bonds is 12. The molecule has 0 N–H and O–H groups in total. The van der Waals surface area contributed by atoms with Crippen molar-refractivity contribution in [3.05, 3.63) is 83.9 Å². The molecular formula is C32H38O2. The molecule has 0 spiro atoms. The van der Waals surface area contributed by atoms with Crippen LogP contribution >= 0.6 is 0 Å². The Morgan fingerprint density at radius 3 is 1.91 bits per heavy atom. The van der Waals surface area contributed by atoms with E-state index >= 15 is 0 Å². The molecule has 0 saturated carbocycles. The highest BCUT2D eigenvalue weighted by Gasteiger charge is 2.03. The van der Waals surface area contributed by atoms with Gasteiger partial charge in [0, 0.05) is 12.0 Å². The van der Waals surface area contributed by atoms with Crippen LogP contribution in [0.15, 0.2) is 72.8 Å². The molecule has 0 radical (unpaired) electrons. The van der Waals surface area contributed by atoms with Crippen LogP contribution in [0.5, 0.6) is 11.5 Å². The molecule has 1 unspecified atom stereocenters. The molecule has 0 aromatic heterocycles. The summed E-state index contributed by atoms with van der Waals surface area (Å²) in [5.41, 5.74) is 4.55. The molecule has 178 valence electrons. The minimum atomic E-state index is 0.548. The van der Waals surface area contributed by atoms with Crippen LogP contribution in [0, 0.1) is 17.8 Å². The van der Waals surface area contributed by atoms with Gasteiger partial charge >= 0.3 is 0 Å². The first kappa shape index (κ1) is 25.4. The number of ether oxygens (including phenoxy) is 2.